The van der Waals surface area contributed by atoms with E-state index in [-0.39, 0.29) is 23.4 Å². The molecule has 2 heteroatoms. The van der Waals surface area contributed by atoms with E-state index in [0.717, 1.165) is 12.8 Å². The maximum atomic E-state index is 13.6. The van der Waals surface area contributed by atoms with E-state index in [2.05, 4.69) is 72.5 Å². The summed E-state index contributed by atoms with van der Waals surface area (Å²) < 4.78 is 0. The Balaban J connectivity index is 1.67. The first-order valence-corrected chi connectivity index (χ1v) is 9.80. The van der Waals surface area contributed by atoms with Crippen molar-refractivity contribution in [1.82, 2.24) is 4.90 Å². The quantitative estimate of drug-likeness (QED) is 0.720. The molecule has 0 N–H and O–H groups in total. The number of nitrogens with zero attached hydrogens (tertiary/aromatic N) is 1. The van der Waals surface area contributed by atoms with E-state index in [9.17, 15) is 4.79 Å². The second-order valence-corrected chi connectivity index (χ2v) is 8.27. The van der Waals surface area contributed by atoms with Gasteiger partial charge in [-0.15, -0.1) is 0 Å². The number of benzene rings is 2. The van der Waals surface area contributed by atoms with E-state index in [4.69, 9.17) is 0 Å². The van der Waals surface area contributed by atoms with Crippen molar-refractivity contribution in [3.63, 3.8) is 0 Å². The fraction of sp³-hybridized carbons (Fsp3) is 0.375. The van der Waals surface area contributed by atoms with Gasteiger partial charge in [-0.05, 0) is 36.3 Å². The molecule has 4 atom stereocenters. The highest BCUT2D eigenvalue weighted by molar-refractivity contribution is 5.85. The lowest BCUT2D eigenvalue weighted by atomic mass is 9.67. The highest BCUT2D eigenvalue weighted by atomic mass is 16.2. The number of hydrogen-bond acceptors (Lipinski definition) is 1. The predicted molar refractivity (Wildman–Crippen MR) is 103 cm³/mol. The summed E-state index contributed by atoms with van der Waals surface area (Å²) in [5.74, 6) is 1.17. The van der Waals surface area contributed by atoms with Gasteiger partial charge in [0.2, 0.25) is 5.91 Å². The maximum absolute atomic E-state index is 13.6. The number of carbonyl (C=O) groups is 1. The van der Waals surface area contributed by atoms with Crippen LogP contribution >= 0.6 is 0 Å². The third-order valence-electron chi connectivity index (χ3n) is 7.17. The first-order chi connectivity index (χ1) is 12.7. The Morgan fingerprint density at radius 1 is 0.962 bits per heavy atom. The van der Waals surface area contributed by atoms with Gasteiger partial charge in [-0.3, -0.25) is 4.79 Å². The number of likely N-dealkylation sites (tertiary alicyclic amines) is 1. The van der Waals surface area contributed by atoms with Crippen LogP contribution in [-0.2, 0) is 4.79 Å². The average molecular weight is 343 g/mol. The predicted octanol–water partition coefficient (Wildman–Crippen LogP) is 4.98. The van der Waals surface area contributed by atoms with Gasteiger partial charge in [-0.1, -0.05) is 79.7 Å². The van der Waals surface area contributed by atoms with Crippen LogP contribution in [-0.4, -0.2) is 16.8 Å². The highest BCUT2D eigenvalue weighted by Gasteiger charge is 2.63. The van der Waals surface area contributed by atoms with Crippen LogP contribution in [0, 0.1) is 17.3 Å². The summed E-state index contributed by atoms with van der Waals surface area (Å²) in [7, 11) is 0. The van der Waals surface area contributed by atoms with Crippen LogP contribution in [0.2, 0.25) is 0 Å². The van der Waals surface area contributed by atoms with Crippen LogP contribution in [0.3, 0.4) is 0 Å². The number of hydrogen-bond donors (Lipinski definition) is 0. The summed E-state index contributed by atoms with van der Waals surface area (Å²) >= 11 is 0. The summed E-state index contributed by atoms with van der Waals surface area (Å²) in [5.41, 5.74) is 2.49. The molecule has 0 bridgehead atoms. The lowest BCUT2D eigenvalue weighted by Gasteiger charge is -2.42. The molecule has 2 aromatic rings. The number of rotatable bonds is 3. The molecule has 0 aromatic heterocycles. The lowest BCUT2D eigenvalue weighted by Crippen LogP contribution is -2.44. The fourth-order valence-electron chi connectivity index (χ4n) is 5.84. The summed E-state index contributed by atoms with van der Waals surface area (Å²) in [4.78, 5) is 15.8. The van der Waals surface area contributed by atoms with E-state index in [0.29, 0.717) is 11.8 Å². The van der Waals surface area contributed by atoms with E-state index >= 15 is 0 Å². The Morgan fingerprint density at radius 2 is 1.58 bits per heavy atom. The second-order valence-electron chi connectivity index (χ2n) is 8.27. The monoisotopic (exact) mass is 343 g/mol. The minimum Gasteiger partial charge on any atom is -0.324 e. The molecule has 2 fully saturated rings. The summed E-state index contributed by atoms with van der Waals surface area (Å²) in [5, 5.41) is 0. The van der Waals surface area contributed by atoms with Crippen molar-refractivity contribution in [2.24, 2.45) is 17.3 Å². The van der Waals surface area contributed by atoms with E-state index in [1.165, 1.54) is 17.5 Å². The summed E-state index contributed by atoms with van der Waals surface area (Å²) in [6.07, 6.45) is 8.01. The number of allylic oxidation sites excluding steroid dienone is 1. The number of amides is 1. The highest BCUT2D eigenvalue weighted by Crippen LogP contribution is 2.61. The van der Waals surface area contributed by atoms with Crippen molar-refractivity contribution in [1.29, 1.82) is 0 Å². The standard InChI is InChI=1S/C24H25NO/c1-24-19-13-8-14-21(24)25(23(26)20(24)16-15-19)22(17-9-4-2-5-10-17)18-11-6-3-7-12-18/h2-12,14,19-22H,13,15-16H2,1H3/t19-,20-,21-,24-/m0/s1. The first-order valence-electron chi connectivity index (χ1n) is 9.80. The molecule has 2 aliphatic carbocycles. The lowest BCUT2D eigenvalue weighted by molar-refractivity contribution is -0.133. The zero-order valence-corrected chi connectivity index (χ0v) is 15.2. The van der Waals surface area contributed by atoms with Crippen molar-refractivity contribution in [2.75, 3.05) is 0 Å². The smallest absolute Gasteiger partial charge is 0.227 e. The van der Waals surface area contributed by atoms with Crippen molar-refractivity contribution in [3.05, 3.63) is 83.9 Å². The van der Waals surface area contributed by atoms with Crippen LogP contribution in [0.1, 0.15) is 43.4 Å². The Kier molecular flexibility index (Phi) is 3.56. The summed E-state index contributed by atoms with van der Waals surface area (Å²) in [6, 6.07) is 21.2. The molecule has 1 aliphatic heterocycles. The molecule has 1 saturated heterocycles. The largest absolute Gasteiger partial charge is 0.324 e. The van der Waals surface area contributed by atoms with Crippen molar-refractivity contribution < 1.29 is 4.79 Å². The average Bonchev–Trinajstić information content (AvgIpc) is 3.14. The molecule has 3 aliphatic rings. The molecule has 0 spiro atoms. The molecule has 132 valence electrons. The van der Waals surface area contributed by atoms with Gasteiger partial charge in [0.25, 0.3) is 0 Å². The third kappa shape index (κ3) is 2.08. The molecule has 26 heavy (non-hydrogen) atoms. The van der Waals surface area contributed by atoms with E-state index < -0.39 is 0 Å². The zero-order chi connectivity index (χ0) is 17.7. The normalized spacial score (nSPS) is 32.3. The SMILES string of the molecule is C[C@@]12[C@H]3CC=C[C@@H]1N(C(c1ccccc1)c1ccccc1)C(=O)[C@@H]2CC3. The van der Waals surface area contributed by atoms with Gasteiger partial charge in [0.15, 0.2) is 0 Å². The van der Waals surface area contributed by atoms with Crippen LogP contribution < -0.4 is 0 Å². The van der Waals surface area contributed by atoms with Crippen LogP contribution in [0.25, 0.3) is 0 Å². The van der Waals surface area contributed by atoms with Gasteiger partial charge in [0.1, 0.15) is 0 Å². The molecule has 2 aromatic carbocycles. The van der Waals surface area contributed by atoms with Crippen molar-refractivity contribution >= 4 is 5.91 Å². The van der Waals surface area contributed by atoms with E-state index in [1.807, 2.05) is 12.1 Å². The van der Waals surface area contributed by atoms with Crippen molar-refractivity contribution in [2.45, 2.75) is 38.3 Å². The van der Waals surface area contributed by atoms with Gasteiger partial charge >= 0.3 is 0 Å². The zero-order valence-electron chi connectivity index (χ0n) is 15.2. The van der Waals surface area contributed by atoms with Gasteiger partial charge in [-0.2, -0.15) is 0 Å². The molecule has 0 radical (unpaired) electrons. The molecule has 1 heterocycles. The molecule has 1 amide bonds. The van der Waals surface area contributed by atoms with Crippen LogP contribution in [0.5, 0.6) is 0 Å². The molecule has 5 rings (SSSR count). The molecule has 1 saturated carbocycles. The molecular weight excluding hydrogens is 318 g/mol. The minimum absolute atomic E-state index is 0.0132. The topological polar surface area (TPSA) is 20.3 Å². The fourth-order valence-corrected chi connectivity index (χ4v) is 5.84. The Labute approximate surface area is 155 Å². The molecular formula is C24H25NO. The number of carbonyl (C=O) groups excluding carboxylic acids is 1. The maximum Gasteiger partial charge on any atom is 0.227 e. The van der Waals surface area contributed by atoms with E-state index in [1.54, 1.807) is 0 Å². The summed E-state index contributed by atoms with van der Waals surface area (Å²) in [6.45, 7) is 2.37. The van der Waals surface area contributed by atoms with Gasteiger partial charge in [-0.25, -0.2) is 0 Å². The van der Waals surface area contributed by atoms with Crippen LogP contribution in [0.15, 0.2) is 72.8 Å². The van der Waals surface area contributed by atoms with Gasteiger partial charge in [0.05, 0.1) is 12.1 Å². The Bertz CT molecular complexity index is 804. The van der Waals surface area contributed by atoms with Gasteiger partial charge in [0, 0.05) is 11.3 Å². The Morgan fingerprint density at radius 3 is 2.19 bits per heavy atom. The molecule has 0 unspecified atom stereocenters. The van der Waals surface area contributed by atoms with Crippen molar-refractivity contribution in [3.8, 4) is 0 Å². The third-order valence-corrected chi connectivity index (χ3v) is 7.17. The Hall–Kier alpha value is -2.35. The molecule has 2 nitrogen and oxygen atoms in total. The minimum atomic E-state index is -0.0132. The van der Waals surface area contributed by atoms with Gasteiger partial charge < -0.3 is 4.90 Å². The second kappa shape index (κ2) is 5.84. The first kappa shape index (κ1) is 15.9. The van der Waals surface area contributed by atoms with Crippen LogP contribution in [0.4, 0.5) is 0 Å².